The molecule has 6 heteroatoms. The Morgan fingerprint density at radius 3 is 3.08 bits per heavy atom. The van der Waals surface area contributed by atoms with Crippen molar-refractivity contribution in [2.24, 2.45) is 0 Å². The van der Waals surface area contributed by atoms with Crippen LogP contribution in [0.5, 0.6) is 0 Å². The number of nitrogens with two attached hydrogens (primary N) is 1. The topological polar surface area (TPSA) is 104 Å². The van der Waals surface area contributed by atoms with Gasteiger partial charge >= 0.3 is 0 Å². The van der Waals surface area contributed by atoms with Crippen LogP contribution in [0.2, 0.25) is 0 Å². The fourth-order valence-electron chi connectivity index (χ4n) is 0.819. The number of hydrogen-bond donors (Lipinski definition) is 4. The van der Waals surface area contributed by atoms with E-state index in [-0.39, 0.29) is 24.2 Å². The number of nitrogen functional groups attached to an aromatic ring is 1. The summed E-state index contributed by atoms with van der Waals surface area (Å²) < 4.78 is 0. The number of aromatic amines is 1. The molecule has 1 unspecified atom stereocenters. The van der Waals surface area contributed by atoms with Crippen LogP contribution >= 0.6 is 0 Å². The number of aliphatic hydroxyl groups excluding tert-OH is 1. The van der Waals surface area contributed by atoms with Gasteiger partial charge in [-0.05, 0) is 6.92 Å². The molecule has 0 saturated carbocycles. The molecule has 1 aromatic rings. The number of carbonyl (C=O) groups is 1. The summed E-state index contributed by atoms with van der Waals surface area (Å²) in [5.74, 6) is -0.364. The first-order valence-electron chi connectivity index (χ1n) is 3.85. The Balaban J connectivity index is 2.64. The van der Waals surface area contributed by atoms with E-state index < -0.39 is 0 Å². The molecule has 6 nitrogen and oxygen atoms in total. The number of nitrogens with one attached hydrogen (secondary N) is 2. The molecule has 1 rings (SSSR count). The Morgan fingerprint density at radius 1 is 1.92 bits per heavy atom. The Kier molecular flexibility index (Phi) is 2.86. The van der Waals surface area contributed by atoms with E-state index in [4.69, 9.17) is 10.8 Å². The quantitative estimate of drug-likeness (QED) is 0.488. The van der Waals surface area contributed by atoms with Crippen LogP contribution in [0.4, 0.5) is 5.69 Å². The van der Waals surface area contributed by atoms with Crippen LogP contribution in [0, 0.1) is 0 Å². The summed E-state index contributed by atoms with van der Waals surface area (Å²) in [6.45, 7) is 1.57. The maximum Gasteiger partial charge on any atom is 0.271 e. The van der Waals surface area contributed by atoms with E-state index in [1.807, 2.05) is 0 Å². The van der Waals surface area contributed by atoms with Crippen LogP contribution in [0.1, 0.15) is 17.4 Å². The second-order valence-electron chi connectivity index (χ2n) is 2.76. The number of nitrogens with zero attached hydrogens (tertiary/aromatic N) is 1. The van der Waals surface area contributed by atoms with Crippen LogP contribution in [0.15, 0.2) is 6.20 Å². The standard InChI is InChI=1S/C7H12N4O2/c1-4(3-12)10-7(13)6-5(8)2-9-11-6/h2,4,12H,3,8H2,1H3,(H,9,11)(H,10,13). The number of H-pyrrole nitrogens is 1. The highest BCUT2D eigenvalue weighted by molar-refractivity contribution is 5.97. The van der Waals surface area contributed by atoms with E-state index in [1.54, 1.807) is 6.92 Å². The zero-order valence-corrected chi connectivity index (χ0v) is 7.24. The minimum absolute atomic E-state index is 0.111. The van der Waals surface area contributed by atoms with Crippen LogP contribution < -0.4 is 11.1 Å². The normalized spacial score (nSPS) is 12.5. The monoisotopic (exact) mass is 184 g/mol. The SMILES string of the molecule is CC(CO)NC(=O)c1[nH]ncc1N. The summed E-state index contributed by atoms with van der Waals surface area (Å²) >= 11 is 0. The van der Waals surface area contributed by atoms with Crippen molar-refractivity contribution < 1.29 is 9.90 Å². The zero-order valence-electron chi connectivity index (χ0n) is 7.24. The first kappa shape index (κ1) is 9.53. The largest absolute Gasteiger partial charge is 0.396 e. The molecule has 1 amide bonds. The summed E-state index contributed by atoms with van der Waals surface area (Å²) in [5.41, 5.74) is 5.96. The number of amides is 1. The van der Waals surface area contributed by atoms with E-state index >= 15 is 0 Å². The molecule has 0 aliphatic heterocycles. The van der Waals surface area contributed by atoms with E-state index in [1.165, 1.54) is 6.20 Å². The smallest absolute Gasteiger partial charge is 0.271 e. The number of anilines is 1. The number of aromatic nitrogens is 2. The molecule has 0 spiro atoms. The van der Waals surface area contributed by atoms with Gasteiger partial charge in [0.25, 0.3) is 5.91 Å². The van der Waals surface area contributed by atoms with E-state index in [2.05, 4.69) is 15.5 Å². The lowest BCUT2D eigenvalue weighted by molar-refractivity contribution is 0.0918. The lowest BCUT2D eigenvalue weighted by atomic mass is 10.3. The van der Waals surface area contributed by atoms with Gasteiger partial charge in [0.1, 0.15) is 5.69 Å². The average Bonchev–Trinajstić information content (AvgIpc) is 2.51. The fourth-order valence-corrected chi connectivity index (χ4v) is 0.819. The van der Waals surface area contributed by atoms with Crippen LogP contribution in [0.25, 0.3) is 0 Å². The molecule has 0 bridgehead atoms. The van der Waals surface area contributed by atoms with Gasteiger partial charge in [-0.15, -0.1) is 0 Å². The van der Waals surface area contributed by atoms with Crippen LogP contribution in [0.3, 0.4) is 0 Å². The maximum atomic E-state index is 11.3. The fraction of sp³-hybridized carbons (Fsp3) is 0.429. The van der Waals surface area contributed by atoms with Gasteiger partial charge in [-0.1, -0.05) is 0 Å². The first-order chi connectivity index (χ1) is 6.15. The summed E-state index contributed by atoms with van der Waals surface area (Å²) in [6, 6.07) is -0.296. The zero-order chi connectivity index (χ0) is 9.84. The van der Waals surface area contributed by atoms with Crippen LogP contribution in [-0.4, -0.2) is 33.9 Å². The number of carbonyl (C=O) groups excluding carboxylic acids is 1. The Hall–Kier alpha value is -1.56. The van der Waals surface area contributed by atoms with Gasteiger partial charge in [-0.3, -0.25) is 9.89 Å². The highest BCUT2D eigenvalue weighted by Gasteiger charge is 2.13. The Bertz CT molecular complexity index is 296. The van der Waals surface area contributed by atoms with Crippen molar-refractivity contribution in [1.29, 1.82) is 0 Å². The predicted molar refractivity (Wildman–Crippen MR) is 47.0 cm³/mol. The van der Waals surface area contributed by atoms with Gasteiger partial charge in [0.2, 0.25) is 0 Å². The minimum Gasteiger partial charge on any atom is -0.396 e. The molecule has 0 aliphatic rings. The van der Waals surface area contributed by atoms with E-state index in [9.17, 15) is 4.79 Å². The maximum absolute atomic E-state index is 11.3. The molecule has 1 heterocycles. The highest BCUT2D eigenvalue weighted by atomic mass is 16.3. The summed E-state index contributed by atoms with van der Waals surface area (Å²) in [7, 11) is 0. The van der Waals surface area contributed by atoms with Crippen molar-refractivity contribution in [2.45, 2.75) is 13.0 Å². The van der Waals surface area contributed by atoms with Gasteiger partial charge in [-0.2, -0.15) is 5.10 Å². The van der Waals surface area contributed by atoms with Crippen molar-refractivity contribution in [1.82, 2.24) is 15.5 Å². The second kappa shape index (κ2) is 3.90. The minimum atomic E-state index is -0.364. The lowest BCUT2D eigenvalue weighted by Gasteiger charge is -2.09. The van der Waals surface area contributed by atoms with Crippen LogP contribution in [-0.2, 0) is 0 Å². The van der Waals surface area contributed by atoms with Gasteiger partial charge in [-0.25, -0.2) is 0 Å². The predicted octanol–water partition coefficient (Wildman–Crippen LogP) is -0.897. The summed E-state index contributed by atoms with van der Waals surface area (Å²) in [4.78, 5) is 11.3. The third-order valence-electron chi connectivity index (χ3n) is 1.55. The summed E-state index contributed by atoms with van der Waals surface area (Å²) in [5, 5.41) is 17.3. The highest BCUT2D eigenvalue weighted by Crippen LogP contribution is 2.05. The molecular weight excluding hydrogens is 172 g/mol. The first-order valence-corrected chi connectivity index (χ1v) is 3.85. The molecule has 0 aromatic carbocycles. The molecule has 0 fully saturated rings. The van der Waals surface area contributed by atoms with E-state index in [0.29, 0.717) is 5.69 Å². The molecule has 0 radical (unpaired) electrons. The van der Waals surface area contributed by atoms with Crippen molar-refractivity contribution in [2.75, 3.05) is 12.3 Å². The molecule has 0 aliphatic carbocycles. The average molecular weight is 184 g/mol. The molecule has 1 atom stereocenters. The molecule has 0 saturated heterocycles. The molecule has 72 valence electrons. The Labute approximate surface area is 75.1 Å². The van der Waals surface area contributed by atoms with Gasteiger partial charge in [0, 0.05) is 6.04 Å². The number of hydrogen-bond acceptors (Lipinski definition) is 4. The van der Waals surface area contributed by atoms with Gasteiger partial charge in [0.05, 0.1) is 18.5 Å². The van der Waals surface area contributed by atoms with E-state index in [0.717, 1.165) is 0 Å². The Morgan fingerprint density at radius 2 is 2.62 bits per heavy atom. The van der Waals surface area contributed by atoms with Crippen molar-refractivity contribution in [3.8, 4) is 0 Å². The third kappa shape index (κ3) is 2.19. The second-order valence-corrected chi connectivity index (χ2v) is 2.76. The van der Waals surface area contributed by atoms with Gasteiger partial charge < -0.3 is 16.2 Å². The molecular formula is C7H12N4O2. The third-order valence-corrected chi connectivity index (χ3v) is 1.55. The summed E-state index contributed by atoms with van der Waals surface area (Å²) in [6.07, 6.45) is 1.36. The van der Waals surface area contributed by atoms with Crippen molar-refractivity contribution in [3.05, 3.63) is 11.9 Å². The van der Waals surface area contributed by atoms with Crippen molar-refractivity contribution >= 4 is 11.6 Å². The van der Waals surface area contributed by atoms with Gasteiger partial charge in [0.15, 0.2) is 0 Å². The number of aliphatic hydroxyl groups is 1. The molecule has 13 heavy (non-hydrogen) atoms. The molecule has 5 N–H and O–H groups in total. The van der Waals surface area contributed by atoms with Crippen molar-refractivity contribution in [3.63, 3.8) is 0 Å². The number of rotatable bonds is 3. The molecule has 1 aromatic heterocycles. The lowest BCUT2D eigenvalue weighted by Crippen LogP contribution is -2.35.